The van der Waals surface area contributed by atoms with Crippen molar-refractivity contribution >= 4 is 5.69 Å². The molecule has 2 nitrogen and oxygen atoms in total. The van der Waals surface area contributed by atoms with E-state index in [-0.39, 0.29) is 32.7 Å². The summed E-state index contributed by atoms with van der Waals surface area (Å²) in [5.41, 5.74) is 2.22. The Labute approximate surface area is 98.4 Å². The summed E-state index contributed by atoms with van der Waals surface area (Å²) in [5, 5.41) is 3.10. The second-order valence-electron chi connectivity index (χ2n) is 2.54. The molecule has 3 heteroatoms. The van der Waals surface area contributed by atoms with Crippen molar-refractivity contribution in [2.75, 3.05) is 5.32 Å². The summed E-state index contributed by atoms with van der Waals surface area (Å²) < 4.78 is 0. The summed E-state index contributed by atoms with van der Waals surface area (Å²) in [6, 6.07) is 3.70. The van der Waals surface area contributed by atoms with Gasteiger partial charge in [-0.3, -0.25) is 0 Å². The standard InChI is InChI=1S/C9H11N2.Y/c1-8(2)6-11-9-4-3-5-10-7-9;/h3-4,6-7,11H,1-2H3;/q-1;. The molecule has 0 atom stereocenters. The van der Waals surface area contributed by atoms with E-state index in [1.54, 1.807) is 12.3 Å². The van der Waals surface area contributed by atoms with Crippen LogP contribution in [0.15, 0.2) is 30.1 Å². The molecule has 1 aromatic heterocycles. The quantitative estimate of drug-likeness (QED) is 0.796. The zero-order valence-electron chi connectivity index (χ0n) is 7.33. The van der Waals surface area contributed by atoms with Gasteiger partial charge in [0.05, 0.1) is 0 Å². The molecule has 1 rings (SSSR count). The smallest absolute Gasteiger partial charge is 0 e. The number of rotatable bonds is 2. The molecule has 0 amide bonds. The molecule has 1 N–H and O–H groups in total. The molecule has 0 bridgehead atoms. The van der Waals surface area contributed by atoms with Crippen molar-refractivity contribution in [3.8, 4) is 0 Å². The van der Waals surface area contributed by atoms with Gasteiger partial charge in [0.1, 0.15) is 0 Å². The van der Waals surface area contributed by atoms with Crippen LogP contribution in [-0.2, 0) is 32.7 Å². The molecular weight excluding hydrogens is 225 g/mol. The number of nitrogens with one attached hydrogen (secondary N) is 1. The van der Waals surface area contributed by atoms with Gasteiger partial charge in [-0.25, -0.2) is 0 Å². The Morgan fingerprint density at radius 1 is 1.58 bits per heavy atom. The Balaban J connectivity index is 0.00000121. The summed E-state index contributed by atoms with van der Waals surface area (Å²) in [5.74, 6) is 0. The number of anilines is 1. The van der Waals surface area contributed by atoms with Crippen molar-refractivity contribution in [2.45, 2.75) is 13.8 Å². The molecule has 12 heavy (non-hydrogen) atoms. The van der Waals surface area contributed by atoms with Gasteiger partial charge in [-0.2, -0.15) is 6.07 Å². The molecule has 0 fully saturated rings. The molecular formula is C9H11N2Y-. The first kappa shape index (κ1) is 11.8. The van der Waals surface area contributed by atoms with E-state index in [0.717, 1.165) is 5.69 Å². The monoisotopic (exact) mass is 236 g/mol. The van der Waals surface area contributed by atoms with E-state index in [9.17, 15) is 0 Å². The predicted molar refractivity (Wildman–Crippen MR) is 46.1 cm³/mol. The zero-order valence-corrected chi connectivity index (χ0v) is 10.2. The number of allylic oxidation sites excluding steroid dienone is 1. The molecule has 0 saturated carbocycles. The van der Waals surface area contributed by atoms with Gasteiger partial charge in [-0.15, -0.1) is 6.07 Å². The zero-order chi connectivity index (χ0) is 8.10. The van der Waals surface area contributed by atoms with Crippen LogP contribution in [0.3, 0.4) is 0 Å². The number of pyridine rings is 1. The molecule has 0 unspecified atom stereocenters. The minimum atomic E-state index is 0. The molecule has 1 aromatic rings. The van der Waals surface area contributed by atoms with Crippen molar-refractivity contribution in [3.63, 3.8) is 0 Å². The first-order chi connectivity index (χ1) is 5.29. The molecule has 1 heterocycles. The van der Waals surface area contributed by atoms with Crippen LogP contribution in [0.4, 0.5) is 5.69 Å². The normalized spacial score (nSPS) is 8.17. The molecule has 0 saturated heterocycles. The van der Waals surface area contributed by atoms with Crippen LogP contribution in [0.5, 0.6) is 0 Å². The number of hydrogen-bond acceptors (Lipinski definition) is 2. The Morgan fingerprint density at radius 3 is 2.83 bits per heavy atom. The van der Waals surface area contributed by atoms with E-state index in [1.807, 2.05) is 26.1 Å². The minimum absolute atomic E-state index is 0. The van der Waals surface area contributed by atoms with Gasteiger partial charge >= 0.3 is 0 Å². The summed E-state index contributed by atoms with van der Waals surface area (Å²) in [7, 11) is 0. The van der Waals surface area contributed by atoms with E-state index in [1.165, 1.54) is 5.57 Å². The van der Waals surface area contributed by atoms with Crippen LogP contribution in [0, 0.1) is 6.20 Å². The van der Waals surface area contributed by atoms with Crippen LogP contribution in [-0.4, -0.2) is 4.98 Å². The molecule has 0 spiro atoms. The third-order valence-corrected chi connectivity index (χ3v) is 1.14. The maximum absolute atomic E-state index is 3.85. The fraction of sp³-hybridized carbons (Fsp3) is 0.222. The van der Waals surface area contributed by atoms with Gasteiger partial charge in [0.25, 0.3) is 0 Å². The van der Waals surface area contributed by atoms with Crippen LogP contribution >= 0.6 is 0 Å². The van der Waals surface area contributed by atoms with E-state index in [0.29, 0.717) is 0 Å². The molecule has 1 radical (unpaired) electrons. The van der Waals surface area contributed by atoms with Gasteiger partial charge in [-0.05, 0) is 20.0 Å². The second-order valence-corrected chi connectivity index (χ2v) is 2.54. The third-order valence-electron chi connectivity index (χ3n) is 1.14. The van der Waals surface area contributed by atoms with Gasteiger partial charge < -0.3 is 10.3 Å². The Kier molecular flexibility index (Phi) is 6.22. The van der Waals surface area contributed by atoms with Crippen molar-refractivity contribution in [1.29, 1.82) is 0 Å². The van der Waals surface area contributed by atoms with Gasteiger partial charge in [0.15, 0.2) is 0 Å². The number of hydrogen-bond donors (Lipinski definition) is 1. The topological polar surface area (TPSA) is 24.9 Å². The summed E-state index contributed by atoms with van der Waals surface area (Å²) >= 11 is 0. The SMILES string of the molecule is CC(C)=CNc1cc[c-]nc1.[Y]. The minimum Gasteiger partial charge on any atom is -0.392 e. The summed E-state index contributed by atoms with van der Waals surface area (Å²) in [4.78, 5) is 3.85. The molecule has 61 valence electrons. The van der Waals surface area contributed by atoms with Crippen LogP contribution < -0.4 is 5.32 Å². The van der Waals surface area contributed by atoms with Crippen molar-refractivity contribution in [1.82, 2.24) is 4.98 Å². The maximum atomic E-state index is 3.85. The van der Waals surface area contributed by atoms with E-state index >= 15 is 0 Å². The largest absolute Gasteiger partial charge is 0.392 e. The second kappa shape index (κ2) is 6.33. The molecule has 0 aliphatic rings. The molecule has 0 aliphatic carbocycles. The Hall–Kier alpha value is -0.206. The Morgan fingerprint density at radius 2 is 2.33 bits per heavy atom. The van der Waals surface area contributed by atoms with Crippen molar-refractivity contribution < 1.29 is 32.7 Å². The summed E-state index contributed by atoms with van der Waals surface area (Å²) in [6.07, 6.45) is 6.39. The van der Waals surface area contributed by atoms with Crippen LogP contribution in [0.25, 0.3) is 0 Å². The number of nitrogens with zero attached hydrogens (tertiary/aromatic N) is 1. The van der Waals surface area contributed by atoms with Crippen LogP contribution in [0.2, 0.25) is 0 Å². The molecule has 0 aromatic carbocycles. The Bertz CT molecular complexity index is 240. The van der Waals surface area contributed by atoms with Crippen LogP contribution in [0.1, 0.15) is 13.8 Å². The van der Waals surface area contributed by atoms with Gasteiger partial charge in [-0.1, -0.05) is 23.7 Å². The van der Waals surface area contributed by atoms with E-state index in [2.05, 4.69) is 16.5 Å². The fourth-order valence-electron chi connectivity index (χ4n) is 0.633. The van der Waals surface area contributed by atoms with E-state index < -0.39 is 0 Å². The van der Waals surface area contributed by atoms with E-state index in [4.69, 9.17) is 0 Å². The fourth-order valence-corrected chi connectivity index (χ4v) is 0.633. The molecule has 0 aliphatic heterocycles. The average Bonchev–Trinajstić information content (AvgIpc) is 2.03. The van der Waals surface area contributed by atoms with Crippen molar-refractivity contribution in [2.24, 2.45) is 0 Å². The number of aromatic nitrogens is 1. The van der Waals surface area contributed by atoms with Gasteiger partial charge in [0, 0.05) is 32.7 Å². The van der Waals surface area contributed by atoms with Gasteiger partial charge in [0.2, 0.25) is 0 Å². The maximum Gasteiger partial charge on any atom is 0 e. The summed E-state index contributed by atoms with van der Waals surface area (Å²) in [6.45, 7) is 4.07. The average molecular weight is 236 g/mol. The third kappa shape index (κ3) is 4.63. The predicted octanol–water partition coefficient (Wildman–Crippen LogP) is 2.21. The first-order valence-corrected chi connectivity index (χ1v) is 3.51. The first-order valence-electron chi connectivity index (χ1n) is 3.51. The van der Waals surface area contributed by atoms with Crippen molar-refractivity contribution in [3.05, 3.63) is 36.3 Å².